The van der Waals surface area contributed by atoms with Gasteiger partial charge in [-0.3, -0.25) is 4.68 Å². The van der Waals surface area contributed by atoms with Crippen molar-refractivity contribution in [1.82, 2.24) is 19.8 Å². The highest BCUT2D eigenvalue weighted by Gasteiger charge is 2.27. The lowest BCUT2D eigenvalue weighted by Gasteiger charge is -2.18. The summed E-state index contributed by atoms with van der Waals surface area (Å²) in [5.74, 6) is 0.239. The maximum Gasteiger partial charge on any atom is 0.243 e. The molecule has 0 amide bonds. The molecular formula is C13H24N4O3S. The minimum atomic E-state index is -3.52. The van der Waals surface area contributed by atoms with Gasteiger partial charge in [-0.05, 0) is 19.9 Å². The fourth-order valence-electron chi connectivity index (χ4n) is 2.33. The van der Waals surface area contributed by atoms with Gasteiger partial charge >= 0.3 is 0 Å². The Labute approximate surface area is 126 Å². The number of nitrogens with one attached hydrogen (secondary N) is 2. The predicted molar refractivity (Wildman–Crippen MR) is 79.5 cm³/mol. The number of aromatic nitrogens is 2. The number of nitrogens with zero attached hydrogens (tertiary/aromatic N) is 2. The van der Waals surface area contributed by atoms with Crippen molar-refractivity contribution in [2.45, 2.75) is 37.8 Å². The summed E-state index contributed by atoms with van der Waals surface area (Å²) >= 11 is 0. The number of likely N-dealkylation sites (N-methyl/N-ethyl adjacent to an activating group) is 1. The average molecular weight is 316 g/mol. The molecule has 120 valence electrons. The van der Waals surface area contributed by atoms with Gasteiger partial charge in [-0.2, -0.15) is 5.10 Å². The van der Waals surface area contributed by atoms with E-state index in [9.17, 15) is 8.42 Å². The number of ether oxygens (including phenoxy) is 1. The molecule has 21 heavy (non-hydrogen) atoms. The van der Waals surface area contributed by atoms with E-state index in [4.69, 9.17) is 4.74 Å². The van der Waals surface area contributed by atoms with E-state index >= 15 is 0 Å². The summed E-state index contributed by atoms with van der Waals surface area (Å²) in [6.07, 6.45) is 3.86. The summed E-state index contributed by atoms with van der Waals surface area (Å²) in [5.41, 5.74) is 0. The van der Waals surface area contributed by atoms with E-state index in [1.807, 2.05) is 13.8 Å². The molecule has 8 heteroatoms. The minimum absolute atomic E-state index is 0.136. The van der Waals surface area contributed by atoms with Crippen LogP contribution in [0.3, 0.4) is 0 Å². The fourth-order valence-corrected chi connectivity index (χ4v) is 3.60. The van der Waals surface area contributed by atoms with Gasteiger partial charge in [0.25, 0.3) is 0 Å². The van der Waals surface area contributed by atoms with Gasteiger partial charge in [0.05, 0.1) is 19.3 Å². The third-order valence-corrected chi connectivity index (χ3v) is 5.21. The van der Waals surface area contributed by atoms with Crippen LogP contribution in [0.2, 0.25) is 0 Å². The van der Waals surface area contributed by atoms with Crippen LogP contribution in [0.5, 0.6) is 0 Å². The van der Waals surface area contributed by atoms with Crippen LogP contribution in [0.25, 0.3) is 0 Å². The van der Waals surface area contributed by atoms with E-state index < -0.39 is 10.0 Å². The fraction of sp³-hybridized carbons (Fsp3) is 0.769. The van der Waals surface area contributed by atoms with Crippen LogP contribution in [0, 0.1) is 5.92 Å². The van der Waals surface area contributed by atoms with Crippen LogP contribution in [-0.2, 0) is 21.3 Å². The Morgan fingerprint density at radius 3 is 3.05 bits per heavy atom. The molecular weight excluding hydrogens is 292 g/mol. The Bertz CT molecular complexity index is 537. The van der Waals surface area contributed by atoms with E-state index in [0.29, 0.717) is 19.8 Å². The zero-order valence-corrected chi connectivity index (χ0v) is 13.4. The molecule has 2 atom stereocenters. The molecule has 1 saturated heterocycles. The highest BCUT2D eigenvalue weighted by molar-refractivity contribution is 7.89. The molecule has 1 fully saturated rings. The average Bonchev–Trinajstić information content (AvgIpc) is 3.10. The minimum Gasteiger partial charge on any atom is -0.381 e. The van der Waals surface area contributed by atoms with E-state index in [-0.39, 0.29) is 16.9 Å². The lowest BCUT2D eigenvalue weighted by molar-refractivity contribution is 0.180. The molecule has 0 aliphatic carbocycles. The van der Waals surface area contributed by atoms with Gasteiger partial charge in [0.15, 0.2) is 0 Å². The first kappa shape index (κ1) is 16.4. The zero-order valence-electron chi connectivity index (χ0n) is 12.6. The van der Waals surface area contributed by atoms with Crippen molar-refractivity contribution in [3.63, 3.8) is 0 Å². The number of rotatable bonds is 8. The molecule has 2 N–H and O–H groups in total. The van der Waals surface area contributed by atoms with Crippen molar-refractivity contribution in [1.29, 1.82) is 0 Å². The first-order valence-electron chi connectivity index (χ1n) is 7.36. The van der Waals surface area contributed by atoms with Crippen molar-refractivity contribution in [3.8, 4) is 0 Å². The first-order chi connectivity index (χ1) is 10.0. The second kappa shape index (κ2) is 7.35. The van der Waals surface area contributed by atoms with Gasteiger partial charge in [0.2, 0.25) is 10.0 Å². The van der Waals surface area contributed by atoms with Gasteiger partial charge in [-0.25, -0.2) is 13.1 Å². The van der Waals surface area contributed by atoms with Crippen LogP contribution >= 0.6 is 0 Å². The number of hydrogen-bond donors (Lipinski definition) is 2. The maximum absolute atomic E-state index is 12.3. The Kier molecular flexibility index (Phi) is 5.74. The van der Waals surface area contributed by atoms with Crippen molar-refractivity contribution in [2.24, 2.45) is 5.92 Å². The highest BCUT2D eigenvalue weighted by atomic mass is 32.2. The Hall–Kier alpha value is -0.960. The van der Waals surface area contributed by atoms with Crippen molar-refractivity contribution in [3.05, 3.63) is 12.4 Å². The Morgan fingerprint density at radius 2 is 2.38 bits per heavy atom. The second-order valence-corrected chi connectivity index (χ2v) is 7.04. The summed E-state index contributed by atoms with van der Waals surface area (Å²) in [6, 6.07) is -0.136. The third-order valence-electron chi connectivity index (χ3n) is 3.70. The molecule has 1 aromatic rings. The quantitative estimate of drug-likeness (QED) is 0.669. The molecule has 2 heterocycles. The molecule has 1 aliphatic heterocycles. The van der Waals surface area contributed by atoms with E-state index in [0.717, 1.165) is 19.5 Å². The zero-order chi connectivity index (χ0) is 15.3. The van der Waals surface area contributed by atoms with Gasteiger partial charge < -0.3 is 10.1 Å². The summed E-state index contributed by atoms with van der Waals surface area (Å²) in [5, 5.41) is 7.27. The van der Waals surface area contributed by atoms with Crippen LogP contribution < -0.4 is 10.0 Å². The molecule has 0 aromatic carbocycles. The highest BCUT2D eigenvalue weighted by Crippen LogP contribution is 2.18. The van der Waals surface area contributed by atoms with Crippen molar-refractivity contribution < 1.29 is 13.2 Å². The molecule has 2 unspecified atom stereocenters. The van der Waals surface area contributed by atoms with Crippen LogP contribution in [-0.4, -0.2) is 50.5 Å². The Morgan fingerprint density at radius 1 is 1.57 bits per heavy atom. The SMILES string of the molecule is CCNCCn1cc(S(=O)(=O)NC(C)C2CCOC2)cn1. The number of sulfonamides is 1. The van der Waals surface area contributed by atoms with Gasteiger partial charge in [0.1, 0.15) is 4.90 Å². The standard InChI is InChI=1S/C13H24N4O3S/c1-3-14-5-6-17-9-13(8-15-17)21(18,19)16-11(2)12-4-7-20-10-12/h8-9,11-12,14,16H,3-7,10H2,1-2H3. The van der Waals surface area contributed by atoms with E-state index in [1.54, 1.807) is 10.9 Å². The molecule has 0 saturated carbocycles. The smallest absolute Gasteiger partial charge is 0.243 e. The maximum atomic E-state index is 12.3. The van der Waals surface area contributed by atoms with E-state index in [2.05, 4.69) is 15.1 Å². The van der Waals surface area contributed by atoms with Crippen molar-refractivity contribution in [2.75, 3.05) is 26.3 Å². The molecule has 0 bridgehead atoms. The topological polar surface area (TPSA) is 85.2 Å². The predicted octanol–water partition coefficient (Wildman–Crippen LogP) is 0.196. The molecule has 0 spiro atoms. The third kappa shape index (κ3) is 4.50. The van der Waals surface area contributed by atoms with Crippen LogP contribution in [0.4, 0.5) is 0 Å². The largest absolute Gasteiger partial charge is 0.381 e. The summed E-state index contributed by atoms with van der Waals surface area (Å²) in [4.78, 5) is 0.213. The molecule has 7 nitrogen and oxygen atoms in total. The van der Waals surface area contributed by atoms with Gasteiger partial charge in [0, 0.05) is 31.3 Å². The molecule has 1 aliphatic rings. The lowest BCUT2D eigenvalue weighted by Crippen LogP contribution is -2.38. The lowest BCUT2D eigenvalue weighted by atomic mass is 10.0. The Balaban J connectivity index is 1.95. The second-order valence-electron chi connectivity index (χ2n) is 5.33. The van der Waals surface area contributed by atoms with Crippen LogP contribution in [0.1, 0.15) is 20.3 Å². The van der Waals surface area contributed by atoms with Crippen molar-refractivity contribution >= 4 is 10.0 Å². The van der Waals surface area contributed by atoms with Gasteiger partial charge in [-0.15, -0.1) is 0 Å². The van der Waals surface area contributed by atoms with E-state index in [1.165, 1.54) is 6.20 Å². The summed E-state index contributed by atoms with van der Waals surface area (Å²) in [6.45, 7) is 7.53. The van der Waals surface area contributed by atoms with Crippen LogP contribution in [0.15, 0.2) is 17.3 Å². The van der Waals surface area contributed by atoms with Gasteiger partial charge in [-0.1, -0.05) is 6.92 Å². The molecule has 2 rings (SSSR count). The monoisotopic (exact) mass is 316 g/mol. The first-order valence-corrected chi connectivity index (χ1v) is 8.84. The number of hydrogen-bond acceptors (Lipinski definition) is 5. The summed E-state index contributed by atoms with van der Waals surface area (Å²) in [7, 11) is -3.52. The molecule has 0 radical (unpaired) electrons. The molecule has 1 aromatic heterocycles. The normalized spacial score (nSPS) is 20.8. The summed E-state index contributed by atoms with van der Waals surface area (Å²) < 4.78 is 34.3.